The third-order valence-electron chi connectivity index (χ3n) is 7.06. The zero-order valence-corrected chi connectivity index (χ0v) is 18.2. The molecule has 3 aliphatic rings. The number of fused-ring (bicyclic) bond motifs is 3. The molecule has 0 bridgehead atoms. The molecular formula is C27H25N3O3. The monoisotopic (exact) mass is 439 g/mol. The third-order valence-corrected chi connectivity index (χ3v) is 7.06. The molecule has 0 saturated carbocycles. The Morgan fingerprint density at radius 3 is 2.18 bits per heavy atom. The van der Waals surface area contributed by atoms with E-state index in [4.69, 9.17) is 4.74 Å². The van der Waals surface area contributed by atoms with Crippen molar-refractivity contribution in [1.82, 2.24) is 10.2 Å². The van der Waals surface area contributed by atoms with E-state index in [2.05, 4.69) is 10.6 Å². The highest BCUT2D eigenvalue weighted by molar-refractivity contribution is 6.02. The van der Waals surface area contributed by atoms with Gasteiger partial charge in [0.25, 0.3) is 5.91 Å². The summed E-state index contributed by atoms with van der Waals surface area (Å²) in [6.07, 6.45) is 1.73. The summed E-state index contributed by atoms with van der Waals surface area (Å²) in [5.41, 5.74) is 3.13. The van der Waals surface area contributed by atoms with E-state index in [0.717, 1.165) is 28.3 Å². The number of hydrogen-bond donors (Lipinski definition) is 2. The van der Waals surface area contributed by atoms with E-state index >= 15 is 0 Å². The fourth-order valence-electron chi connectivity index (χ4n) is 5.28. The summed E-state index contributed by atoms with van der Waals surface area (Å²) in [5, 5.41) is 6.67. The van der Waals surface area contributed by atoms with Crippen molar-refractivity contribution < 1.29 is 14.3 Å². The number of hydrogen-bond acceptors (Lipinski definition) is 4. The predicted molar refractivity (Wildman–Crippen MR) is 125 cm³/mol. The number of carbonyl (C=O) groups excluding carboxylic acids is 2. The molecule has 2 amide bonds. The minimum absolute atomic E-state index is 0.0334. The van der Waals surface area contributed by atoms with Gasteiger partial charge < -0.3 is 20.3 Å². The summed E-state index contributed by atoms with van der Waals surface area (Å²) < 4.78 is 6.08. The van der Waals surface area contributed by atoms with E-state index < -0.39 is 5.66 Å². The van der Waals surface area contributed by atoms with Crippen molar-refractivity contribution in [2.75, 3.05) is 18.4 Å². The Hall–Kier alpha value is -3.80. The number of rotatable bonds is 2. The fraction of sp³-hybridized carbons (Fsp3) is 0.259. The van der Waals surface area contributed by atoms with Gasteiger partial charge in [-0.1, -0.05) is 48.5 Å². The lowest BCUT2D eigenvalue weighted by Crippen LogP contribution is -2.62. The molecule has 33 heavy (non-hydrogen) atoms. The molecule has 6 heteroatoms. The maximum Gasteiger partial charge on any atom is 0.255 e. The molecule has 1 fully saturated rings. The van der Waals surface area contributed by atoms with Crippen molar-refractivity contribution in [1.29, 1.82) is 0 Å². The molecule has 1 saturated heterocycles. The minimum atomic E-state index is -0.500. The Bertz CT molecular complexity index is 1200. The topological polar surface area (TPSA) is 70.7 Å². The van der Waals surface area contributed by atoms with E-state index in [9.17, 15) is 9.59 Å². The van der Waals surface area contributed by atoms with Gasteiger partial charge in [-0.05, 0) is 24.3 Å². The average molecular weight is 440 g/mol. The van der Waals surface area contributed by atoms with E-state index in [0.29, 0.717) is 37.9 Å². The van der Waals surface area contributed by atoms with Crippen LogP contribution in [0, 0.1) is 0 Å². The highest BCUT2D eigenvalue weighted by atomic mass is 16.5. The molecule has 0 unspecified atom stereocenters. The van der Waals surface area contributed by atoms with Crippen molar-refractivity contribution in [3.8, 4) is 11.5 Å². The first-order chi connectivity index (χ1) is 16.1. The first-order valence-electron chi connectivity index (χ1n) is 11.5. The number of piperidine rings is 1. The Kier molecular flexibility index (Phi) is 4.61. The van der Waals surface area contributed by atoms with E-state index in [1.165, 1.54) is 0 Å². The largest absolute Gasteiger partial charge is 0.457 e. The van der Waals surface area contributed by atoms with Crippen LogP contribution in [0.2, 0.25) is 0 Å². The first-order valence-corrected chi connectivity index (χ1v) is 11.5. The van der Waals surface area contributed by atoms with Crippen LogP contribution >= 0.6 is 0 Å². The molecule has 166 valence electrons. The summed E-state index contributed by atoms with van der Waals surface area (Å²) in [6.45, 7) is 1.20. The normalized spacial score (nSPS) is 18.3. The minimum Gasteiger partial charge on any atom is -0.457 e. The van der Waals surface area contributed by atoms with Gasteiger partial charge in [-0.15, -0.1) is 0 Å². The predicted octanol–water partition coefficient (Wildman–Crippen LogP) is 4.49. The molecular weight excluding hydrogens is 414 g/mol. The zero-order chi connectivity index (χ0) is 22.4. The molecule has 3 heterocycles. The summed E-state index contributed by atoms with van der Waals surface area (Å²) in [5.74, 6) is 1.68. The van der Waals surface area contributed by atoms with E-state index in [1.807, 2.05) is 77.7 Å². The van der Waals surface area contributed by atoms with Crippen molar-refractivity contribution >= 4 is 17.5 Å². The lowest BCUT2D eigenvalue weighted by molar-refractivity contribution is -0.133. The number of nitrogens with zero attached hydrogens (tertiary/aromatic N) is 1. The van der Waals surface area contributed by atoms with Crippen LogP contribution in [0.4, 0.5) is 5.69 Å². The van der Waals surface area contributed by atoms with Gasteiger partial charge in [0.05, 0.1) is 5.56 Å². The molecule has 0 atom stereocenters. The Balaban J connectivity index is 1.19. The second kappa shape index (κ2) is 7.66. The van der Waals surface area contributed by atoms with E-state index in [1.54, 1.807) is 0 Å². The molecule has 3 aromatic carbocycles. The van der Waals surface area contributed by atoms with Gasteiger partial charge >= 0.3 is 0 Å². The Labute approximate surface area is 192 Å². The number of amides is 2. The fourth-order valence-corrected chi connectivity index (χ4v) is 5.28. The van der Waals surface area contributed by atoms with Gasteiger partial charge in [0, 0.05) is 55.1 Å². The highest BCUT2D eigenvalue weighted by Crippen LogP contribution is 2.45. The number of para-hydroxylation sites is 3. The third kappa shape index (κ3) is 3.42. The SMILES string of the molecule is O=C1NC2(CCN(C(=O)CC3c4ccccc4Oc4ccccc43)CC2)Nc2ccccc21. The maximum absolute atomic E-state index is 13.4. The van der Waals surface area contributed by atoms with Crippen molar-refractivity contribution in [3.63, 3.8) is 0 Å². The summed E-state index contributed by atoms with van der Waals surface area (Å²) in [7, 11) is 0. The molecule has 3 aliphatic heterocycles. The highest BCUT2D eigenvalue weighted by Gasteiger charge is 2.41. The smallest absolute Gasteiger partial charge is 0.255 e. The zero-order valence-electron chi connectivity index (χ0n) is 18.2. The van der Waals surface area contributed by atoms with Crippen LogP contribution in [0.15, 0.2) is 72.8 Å². The Morgan fingerprint density at radius 1 is 0.879 bits per heavy atom. The van der Waals surface area contributed by atoms with Crippen LogP contribution in [0.1, 0.15) is 46.7 Å². The molecule has 0 radical (unpaired) electrons. The van der Waals surface area contributed by atoms with Gasteiger partial charge in [-0.3, -0.25) is 9.59 Å². The average Bonchev–Trinajstić information content (AvgIpc) is 2.84. The van der Waals surface area contributed by atoms with Crippen LogP contribution in [-0.4, -0.2) is 35.5 Å². The summed E-state index contributed by atoms with van der Waals surface area (Å²) in [4.78, 5) is 28.0. The van der Waals surface area contributed by atoms with Gasteiger partial charge in [0.1, 0.15) is 17.2 Å². The molecule has 0 aliphatic carbocycles. The van der Waals surface area contributed by atoms with Crippen LogP contribution < -0.4 is 15.4 Å². The van der Waals surface area contributed by atoms with Crippen molar-refractivity contribution in [2.24, 2.45) is 0 Å². The first kappa shape index (κ1) is 19.9. The number of nitrogens with one attached hydrogen (secondary N) is 2. The van der Waals surface area contributed by atoms with Crippen LogP contribution in [0.25, 0.3) is 0 Å². The Morgan fingerprint density at radius 2 is 1.48 bits per heavy atom. The lowest BCUT2D eigenvalue weighted by atomic mass is 9.84. The molecule has 1 spiro atoms. The van der Waals surface area contributed by atoms with Crippen LogP contribution in [0.3, 0.4) is 0 Å². The van der Waals surface area contributed by atoms with Gasteiger partial charge in [-0.25, -0.2) is 0 Å². The van der Waals surface area contributed by atoms with Gasteiger partial charge in [0.15, 0.2) is 0 Å². The quantitative estimate of drug-likeness (QED) is 0.617. The van der Waals surface area contributed by atoms with Crippen molar-refractivity contribution in [2.45, 2.75) is 30.8 Å². The second-order valence-electron chi connectivity index (χ2n) is 9.02. The summed E-state index contributed by atoms with van der Waals surface area (Å²) >= 11 is 0. The number of ether oxygens (including phenoxy) is 1. The number of anilines is 1. The molecule has 6 nitrogen and oxygen atoms in total. The van der Waals surface area contributed by atoms with Crippen LogP contribution in [-0.2, 0) is 4.79 Å². The van der Waals surface area contributed by atoms with Crippen LogP contribution in [0.5, 0.6) is 11.5 Å². The lowest BCUT2D eigenvalue weighted by Gasteiger charge is -2.46. The summed E-state index contributed by atoms with van der Waals surface area (Å²) in [6, 6.07) is 23.5. The second-order valence-corrected chi connectivity index (χ2v) is 9.02. The molecule has 2 N–H and O–H groups in total. The number of benzene rings is 3. The maximum atomic E-state index is 13.4. The number of likely N-dealkylation sites (tertiary alicyclic amines) is 1. The number of carbonyl (C=O) groups is 2. The standard InChI is InChI=1S/C27H25N3O3/c31-25(17-21-18-7-2-5-11-23(18)33-24-12-6-3-8-19(21)24)30-15-13-27(14-16-30)28-22-10-4-1-9-20(22)26(32)29-27/h1-12,21,28H,13-17H2,(H,29,32). The molecule has 3 aromatic rings. The van der Waals surface area contributed by atoms with E-state index in [-0.39, 0.29) is 17.7 Å². The molecule has 0 aromatic heterocycles. The van der Waals surface area contributed by atoms with Gasteiger partial charge in [0.2, 0.25) is 5.91 Å². The van der Waals surface area contributed by atoms with Gasteiger partial charge in [-0.2, -0.15) is 0 Å². The van der Waals surface area contributed by atoms with Crippen molar-refractivity contribution in [3.05, 3.63) is 89.5 Å². The molecule has 6 rings (SSSR count).